The fourth-order valence-corrected chi connectivity index (χ4v) is 2.14. The van der Waals surface area contributed by atoms with E-state index in [1.807, 2.05) is 30.3 Å². The molecule has 1 atom stereocenters. The standard InChI is InChI=1S/C17H18N2O3/c20-16(14-10-4-5-12-18-14)19-15(17(21)22)11-6-9-13-7-2-1-3-8-13/h1-5,7-8,10,12,15H,6,9,11H2,(H,19,20)(H,21,22)/t15-/m0/s1. The van der Waals surface area contributed by atoms with E-state index in [1.54, 1.807) is 18.2 Å². The number of benzene rings is 1. The number of hydrogen-bond donors (Lipinski definition) is 2. The number of rotatable bonds is 7. The Morgan fingerprint density at radius 2 is 1.82 bits per heavy atom. The lowest BCUT2D eigenvalue weighted by molar-refractivity contribution is -0.139. The van der Waals surface area contributed by atoms with Crippen molar-refractivity contribution in [2.45, 2.75) is 25.3 Å². The molecular formula is C17H18N2O3. The van der Waals surface area contributed by atoms with Crippen LogP contribution in [-0.2, 0) is 11.2 Å². The van der Waals surface area contributed by atoms with Crippen LogP contribution in [0.25, 0.3) is 0 Å². The molecule has 22 heavy (non-hydrogen) atoms. The first-order valence-corrected chi connectivity index (χ1v) is 7.15. The van der Waals surface area contributed by atoms with Crippen LogP contribution in [-0.4, -0.2) is 28.0 Å². The van der Waals surface area contributed by atoms with Gasteiger partial charge in [-0.25, -0.2) is 4.79 Å². The van der Waals surface area contributed by atoms with E-state index in [-0.39, 0.29) is 5.69 Å². The van der Waals surface area contributed by atoms with Crippen molar-refractivity contribution in [3.8, 4) is 0 Å². The highest BCUT2D eigenvalue weighted by Crippen LogP contribution is 2.07. The number of carboxylic acid groups (broad SMARTS) is 1. The van der Waals surface area contributed by atoms with E-state index in [0.717, 1.165) is 12.0 Å². The van der Waals surface area contributed by atoms with Crippen LogP contribution in [0.1, 0.15) is 28.9 Å². The van der Waals surface area contributed by atoms with Crippen LogP contribution < -0.4 is 5.32 Å². The van der Waals surface area contributed by atoms with Crippen molar-refractivity contribution in [2.75, 3.05) is 0 Å². The Labute approximate surface area is 129 Å². The Hall–Kier alpha value is -2.69. The first kappa shape index (κ1) is 15.7. The molecule has 0 aliphatic rings. The molecule has 0 radical (unpaired) electrons. The summed E-state index contributed by atoms with van der Waals surface area (Å²) in [4.78, 5) is 27.1. The maximum atomic E-state index is 12.0. The van der Waals surface area contributed by atoms with Crippen LogP contribution in [0.3, 0.4) is 0 Å². The number of aliphatic carboxylic acids is 1. The molecule has 2 aromatic rings. The lowest BCUT2D eigenvalue weighted by Gasteiger charge is -2.14. The normalized spacial score (nSPS) is 11.6. The van der Waals surface area contributed by atoms with Gasteiger partial charge < -0.3 is 10.4 Å². The van der Waals surface area contributed by atoms with Gasteiger partial charge in [0, 0.05) is 6.20 Å². The molecule has 1 amide bonds. The van der Waals surface area contributed by atoms with Crippen molar-refractivity contribution in [1.29, 1.82) is 0 Å². The molecule has 0 fully saturated rings. The molecule has 5 heteroatoms. The number of hydrogen-bond acceptors (Lipinski definition) is 3. The Kier molecular flexibility index (Phi) is 5.65. The average molecular weight is 298 g/mol. The first-order chi connectivity index (χ1) is 10.7. The molecule has 0 unspecified atom stereocenters. The molecular weight excluding hydrogens is 280 g/mol. The number of aromatic nitrogens is 1. The fraction of sp³-hybridized carbons (Fsp3) is 0.235. The van der Waals surface area contributed by atoms with Gasteiger partial charge in [0.15, 0.2) is 0 Å². The third-order valence-corrected chi connectivity index (χ3v) is 3.30. The molecule has 0 aliphatic carbocycles. The summed E-state index contributed by atoms with van der Waals surface area (Å²) < 4.78 is 0. The molecule has 0 bridgehead atoms. The molecule has 114 valence electrons. The number of pyridine rings is 1. The highest BCUT2D eigenvalue weighted by Gasteiger charge is 2.20. The Morgan fingerprint density at radius 1 is 1.09 bits per heavy atom. The van der Waals surface area contributed by atoms with Gasteiger partial charge in [-0.15, -0.1) is 0 Å². The maximum absolute atomic E-state index is 12.0. The van der Waals surface area contributed by atoms with Crippen LogP contribution in [0, 0.1) is 0 Å². The zero-order valence-electron chi connectivity index (χ0n) is 12.1. The fourth-order valence-electron chi connectivity index (χ4n) is 2.14. The highest BCUT2D eigenvalue weighted by molar-refractivity contribution is 5.94. The van der Waals surface area contributed by atoms with E-state index in [2.05, 4.69) is 10.3 Å². The number of nitrogens with zero attached hydrogens (tertiary/aromatic N) is 1. The summed E-state index contributed by atoms with van der Waals surface area (Å²) in [5.74, 6) is -1.50. The van der Waals surface area contributed by atoms with E-state index < -0.39 is 17.9 Å². The third-order valence-electron chi connectivity index (χ3n) is 3.30. The summed E-state index contributed by atoms with van der Waals surface area (Å²) in [5.41, 5.74) is 1.37. The van der Waals surface area contributed by atoms with E-state index in [0.29, 0.717) is 12.8 Å². The molecule has 1 aromatic carbocycles. The lowest BCUT2D eigenvalue weighted by Crippen LogP contribution is -2.41. The zero-order valence-corrected chi connectivity index (χ0v) is 12.1. The summed E-state index contributed by atoms with van der Waals surface area (Å²) in [5, 5.41) is 11.7. The SMILES string of the molecule is O=C(N[C@@H](CCCc1ccccc1)C(=O)O)c1ccccn1. The average Bonchev–Trinajstić information content (AvgIpc) is 2.55. The van der Waals surface area contributed by atoms with Gasteiger partial charge in [0.1, 0.15) is 11.7 Å². The van der Waals surface area contributed by atoms with Crippen molar-refractivity contribution in [3.05, 3.63) is 66.0 Å². The van der Waals surface area contributed by atoms with Crippen LogP contribution in [0.4, 0.5) is 0 Å². The predicted octanol–water partition coefficient (Wildman–Crippen LogP) is 2.29. The van der Waals surface area contributed by atoms with Gasteiger partial charge >= 0.3 is 5.97 Å². The Balaban J connectivity index is 1.87. The molecule has 0 saturated heterocycles. The van der Waals surface area contributed by atoms with Gasteiger partial charge in [0.2, 0.25) is 0 Å². The minimum Gasteiger partial charge on any atom is -0.480 e. The topological polar surface area (TPSA) is 79.3 Å². The second-order valence-corrected chi connectivity index (χ2v) is 4.96. The monoisotopic (exact) mass is 298 g/mol. The van der Waals surface area contributed by atoms with Crippen molar-refractivity contribution >= 4 is 11.9 Å². The second kappa shape index (κ2) is 7.93. The molecule has 5 nitrogen and oxygen atoms in total. The molecule has 0 aliphatic heterocycles. The van der Waals surface area contributed by atoms with E-state index in [1.165, 1.54) is 6.20 Å². The van der Waals surface area contributed by atoms with E-state index >= 15 is 0 Å². The summed E-state index contributed by atoms with van der Waals surface area (Å²) >= 11 is 0. The predicted molar refractivity (Wildman–Crippen MR) is 82.5 cm³/mol. The summed E-state index contributed by atoms with van der Waals surface area (Å²) in [6, 6.07) is 13.9. The number of amides is 1. The van der Waals surface area contributed by atoms with Crippen molar-refractivity contribution < 1.29 is 14.7 Å². The second-order valence-electron chi connectivity index (χ2n) is 4.96. The maximum Gasteiger partial charge on any atom is 0.326 e. The van der Waals surface area contributed by atoms with Crippen molar-refractivity contribution in [2.24, 2.45) is 0 Å². The largest absolute Gasteiger partial charge is 0.480 e. The smallest absolute Gasteiger partial charge is 0.326 e. The molecule has 0 spiro atoms. The quantitative estimate of drug-likeness (QED) is 0.822. The van der Waals surface area contributed by atoms with Crippen molar-refractivity contribution in [1.82, 2.24) is 10.3 Å². The van der Waals surface area contributed by atoms with E-state index in [4.69, 9.17) is 0 Å². The van der Waals surface area contributed by atoms with Crippen molar-refractivity contribution in [3.63, 3.8) is 0 Å². The van der Waals surface area contributed by atoms with Crippen LogP contribution >= 0.6 is 0 Å². The van der Waals surface area contributed by atoms with E-state index in [9.17, 15) is 14.7 Å². The van der Waals surface area contributed by atoms with Crippen LogP contribution in [0.15, 0.2) is 54.7 Å². The van der Waals surface area contributed by atoms with Gasteiger partial charge in [-0.3, -0.25) is 9.78 Å². The van der Waals surface area contributed by atoms with Gasteiger partial charge in [-0.2, -0.15) is 0 Å². The molecule has 1 aromatic heterocycles. The number of aryl methyl sites for hydroxylation is 1. The Morgan fingerprint density at radius 3 is 2.45 bits per heavy atom. The number of carbonyl (C=O) groups is 2. The van der Waals surface area contributed by atoms with Crippen LogP contribution in [0.5, 0.6) is 0 Å². The minimum atomic E-state index is -1.03. The molecule has 2 rings (SSSR count). The minimum absolute atomic E-state index is 0.219. The summed E-state index contributed by atoms with van der Waals surface area (Å²) in [7, 11) is 0. The third kappa shape index (κ3) is 4.70. The van der Waals surface area contributed by atoms with Crippen LogP contribution in [0.2, 0.25) is 0 Å². The molecule has 1 heterocycles. The van der Waals surface area contributed by atoms with Gasteiger partial charge in [-0.1, -0.05) is 36.4 Å². The summed E-state index contributed by atoms with van der Waals surface area (Å²) in [6.07, 6.45) is 3.34. The summed E-state index contributed by atoms with van der Waals surface area (Å²) in [6.45, 7) is 0. The number of carboxylic acids is 1. The van der Waals surface area contributed by atoms with Gasteiger partial charge in [0.05, 0.1) is 0 Å². The van der Waals surface area contributed by atoms with Gasteiger partial charge in [0.25, 0.3) is 5.91 Å². The number of carbonyl (C=O) groups excluding carboxylic acids is 1. The zero-order chi connectivity index (χ0) is 15.8. The first-order valence-electron chi connectivity index (χ1n) is 7.15. The number of nitrogens with one attached hydrogen (secondary N) is 1. The molecule has 0 saturated carbocycles. The van der Waals surface area contributed by atoms with Gasteiger partial charge in [-0.05, 0) is 37.0 Å². The Bertz CT molecular complexity index is 614. The lowest BCUT2D eigenvalue weighted by atomic mass is 10.0. The highest BCUT2D eigenvalue weighted by atomic mass is 16.4. The molecule has 2 N–H and O–H groups in total.